The van der Waals surface area contributed by atoms with Crippen molar-refractivity contribution in [3.63, 3.8) is 0 Å². The first-order valence-corrected chi connectivity index (χ1v) is 11.9. The molecule has 8 nitrogen and oxygen atoms in total. The quantitative estimate of drug-likeness (QED) is 0.617. The molecule has 1 fully saturated rings. The maximum absolute atomic E-state index is 12.4. The zero-order valence-electron chi connectivity index (χ0n) is 18.3. The van der Waals surface area contributed by atoms with Gasteiger partial charge in [-0.05, 0) is 32.0 Å². The van der Waals surface area contributed by atoms with Crippen molar-refractivity contribution in [3.8, 4) is 11.5 Å². The fourth-order valence-electron chi connectivity index (χ4n) is 5.26. The van der Waals surface area contributed by atoms with Crippen LogP contribution in [0.1, 0.15) is 30.0 Å². The van der Waals surface area contributed by atoms with E-state index in [0.717, 1.165) is 66.3 Å². The number of piperidine rings is 1. The van der Waals surface area contributed by atoms with E-state index in [-0.39, 0.29) is 11.5 Å². The number of halogens is 1. The molecule has 6 rings (SSSR count). The number of nitrogens with zero attached hydrogens (tertiary/aromatic N) is 4. The van der Waals surface area contributed by atoms with E-state index in [2.05, 4.69) is 20.2 Å². The molecule has 0 radical (unpaired) electrons. The van der Waals surface area contributed by atoms with Gasteiger partial charge in [0.2, 0.25) is 0 Å². The Kier molecular flexibility index (Phi) is 5.44. The third kappa shape index (κ3) is 3.96. The Hall–Kier alpha value is -2.68. The molecule has 0 amide bonds. The van der Waals surface area contributed by atoms with Crippen LogP contribution in [0.5, 0.6) is 11.5 Å². The second-order valence-corrected chi connectivity index (χ2v) is 9.42. The van der Waals surface area contributed by atoms with Gasteiger partial charge in [-0.25, -0.2) is 0 Å². The van der Waals surface area contributed by atoms with E-state index in [0.29, 0.717) is 37.4 Å². The monoisotopic (exact) mass is 467 g/mol. The van der Waals surface area contributed by atoms with Gasteiger partial charge < -0.3 is 24.3 Å². The molecule has 6 heterocycles. The number of nitrogens with one attached hydrogen (secondary N) is 1. The topological polar surface area (TPSA) is 81.5 Å². The Bertz CT molecular complexity index is 1250. The minimum Gasteiger partial charge on any atom is -0.486 e. The first-order valence-electron chi connectivity index (χ1n) is 11.5. The smallest absolute Gasteiger partial charge is 0.251 e. The van der Waals surface area contributed by atoms with E-state index in [1.165, 1.54) is 0 Å². The van der Waals surface area contributed by atoms with Crippen LogP contribution in [-0.4, -0.2) is 58.3 Å². The van der Waals surface area contributed by atoms with Crippen molar-refractivity contribution in [3.05, 3.63) is 57.2 Å². The van der Waals surface area contributed by atoms with Crippen LogP contribution in [0.25, 0.3) is 11.0 Å². The third-order valence-corrected chi connectivity index (χ3v) is 7.23. The van der Waals surface area contributed by atoms with Gasteiger partial charge in [-0.2, -0.15) is 0 Å². The van der Waals surface area contributed by atoms with Gasteiger partial charge in [0.15, 0.2) is 11.5 Å². The highest BCUT2D eigenvalue weighted by atomic mass is 35.5. The summed E-state index contributed by atoms with van der Waals surface area (Å²) in [5.41, 5.74) is 3.80. The zero-order chi connectivity index (χ0) is 22.4. The Balaban J connectivity index is 1.06. The molecule has 0 saturated carbocycles. The van der Waals surface area contributed by atoms with E-state index in [1.54, 1.807) is 24.5 Å². The van der Waals surface area contributed by atoms with Crippen molar-refractivity contribution >= 4 is 22.6 Å². The summed E-state index contributed by atoms with van der Waals surface area (Å²) in [6, 6.07) is 5.82. The molecule has 1 saturated heterocycles. The number of pyridine rings is 3. The highest BCUT2D eigenvalue weighted by molar-refractivity contribution is 6.32. The lowest BCUT2D eigenvalue weighted by molar-refractivity contribution is 0.170. The molecule has 1 N–H and O–H groups in total. The van der Waals surface area contributed by atoms with Gasteiger partial charge in [-0.3, -0.25) is 14.8 Å². The number of likely N-dealkylation sites (tertiary alicyclic amines) is 1. The van der Waals surface area contributed by atoms with Gasteiger partial charge in [0.05, 0.1) is 27.9 Å². The van der Waals surface area contributed by atoms with Crippen LogP contribution >= 0.6 is 11.6 Å². The summed E-state index contributed by atoms with van der Waals surface area (Å²) in [7, 11) is 0. The highest BCUT2D eigenvalue weighted by Gasteiger charge is 2.31. The van der Waals surface area contributed by atoms with E-state index in [9.17, 15) is 4.79 Å². The number of rotatable bonds is 5. The largest absolute Gasteiger partial charge is 0.486 e. The van der Waals surface area contributed by atoms with Gasteiger partial charge >= 0.3 is 0 Å². The summed E-state index contributed by atoms with van der Waals surface area (Å²) < 4.78 is 13.0. The predicted octanol–water partition coefficient (Wildman–Crippen LogP) is 2.57. The summed E-state index contributed by atoms with van der Waals surface area (Å²) in [5.74, 6) is 1.72. The lowest BCUT2D eigenvalue weighted by Crippen LogP contribution is -2.43. The number of aromatic nitrogens is 3. The summed E-state index contributed by atoms with van der Waals surface area (Å²) in [4.78, 5) is 23.8. The molecule has 3 aromatic heterocycles. The molecule has 3 aromatic rings. The van der Waals surface area contributed by atoms with Crippen LogP contribution in [-0.2, 0) is 13.1 Å². The van der Waals surface area contributed by atoms with E-state index >= 15 is 0 Å². The van der Waals surface area contributed by atoms with Crippen LogP contribution in [0, 0.1) is 0 Å². The van der Waals surface area contributed by atoms with Gasteiger partial charge in [-0.1, -0.05) is 11.6 Å². The summed E-state index contributed by atoms with van der Waals surface area (Å²) in [5, 5.41) is 4.31. The first-order chi connectivity index (χ1) is 16.2. The van der Waals surface area contributed by atoms with Gasteiger partial charge in [0, 0.05) is 55.5 Å². The lowest BCUT2D eigenvalue weighted by Gasteiger charge is -2.34. The molecule has 9 heteroatoms. The maximum atomic E-state index is 12.4. The van der Waals surface area contributed by atoms with E-state index in [4.69, 9.17) is 21.1 Å². The third-order valence-electron chi connectivity index (χ3n) is 6.93. The predicted molar refractivity (Wildman–Crippen MR) is 125 cm³/mol. The number of hydrogen-bond acceptors (Lipinski definition) is 7. The second kappa shape index (κ2) is 8.59. The Morgan fingerprint density at radius 3 is 2.76 bits per heavy atom. The molecule has 3 aliphatic heterocycles. The fourth-order valence-corrected chi connectivity index (χ4v) is 5.55. The van der Waals surface area contributed by atoms with Crippen LogP contribution in [0.3, 0.4) is 0 Å². The minimum absolute atomic E-state index is 0.0194. The fraction of sp³-hybridized carbons (Fsp3) is 0.458. The van der Waals surface area contributed by atoms with Crippen molar-refractivity contribution < 1.29 is 9.47 Å². The molecule has 0 aromatic carbocycles. The first kappa shape index (κ1) is 20.9. The van der Waals surface area contributed by atoms with Crippen LogP contribution in [0.4, 0.5) is 0 Å². The van der Waals surface area contributed by atoms with Gasteiger partial charge in [0.1, 0.15) is 13.2 Å². The summed E-state index contributed by atoms with van der Waals surface area (Å²) in [6.07, 6.45) is 5.61. The lowest BCUT2D eigenvalue weighted by atomic mass is 9.98. The average molecular weight is 468 g/mol. The van der Waals surface area contributed by atoms with E-state index in [1.807, 2.05) is 10.6 Å². The Labute approximate surface area is 196 Å². The van der Waals surface area contributed by atoms with Crippen molar-refractivity contribution in [1.82, 2.24) is 24.8 Å². The molecular weight excluding hydrogens is 442 g/mol. The normalized spacial score (nSPS) is 20.5. The Morgan fingerprint density at radius 2 is 1.91 bits per heavy atom. The average Bonchev–Trinajstić information content (AvgIpc) is 3.23. The van der Waals surface area contributed by atoms with Crippen LogP contribution < -0.4 is 20.3 Å². The standard InChI is InChI=1S/C24H26ClN5O3/c25-18-11-28-19-1-2-22(31)30-14-15(23(18)24(19)30)13-29-5-3-16(4-6-29)26-10-17-9-20-21(12-27-17)33-8-7-32-20/h1-2,9,11-12,15-16,26H,3-8,10,13-14H2/t15-/m1/s1. The summed E-state index contributed by atoms with van der Waals surface area (Å²) in [6.45, 7) is 5.47. The van der Waals surface area contributed by atoms with Crippen molar-refractivity contribution in [1.29, 1.82) is 0 Å². The summed E-state index contributed by atoms with van der Waals surface area (Å²) >= 11 is 6.54. The molecule has 1 atom stereocenters. The van der Waals surface area contributed by atoms with Crippen molar-refractivity contribution in [2.45, 2.75) is 37.9 Å². The van der Waals surface area contributed by atoms with Crippen LogP contribution in [0.15, 0.2) is 35.4 Å². The molecule has 0 unspecified atom stereocenters. The molecule has 0 aliphatic carbocycles. The van der Waals surface area contributed by atoms with E-state index < -0.39 is 0 Å². The minimum atomic E-state index is 0.0194. The molecule has 172 valence electrons. The maximum Gasteiger partial charge on any atom is 0.251 e. The molecule has 33 heavy (non-hydrogen) atoms. The Morgan fingerprint density at radius 1 is 1.09 bits per heavy atom. The molecule has 0 bridgehead atoms. The zero-order valence-corrected chi connectivity index (χ0v) is 19.1. The van der Waals surface area contributed by atoms with Crippen LogP contribution in [0.2, 0.25) is 5.02 Å². The SMILES string of the molecule is O=c1ccc2ncc(Cl)c3c2n1C[C@H]3CN1CCC(NCc2cc3c(cn2)OCCO3)CC1. The van der Waals surface area contributed by atoms with Gasteiger partial charge in [0.25, 0.3) is 5.56 Å². The second-order valence-electron chi connectivity index (χ2n) is 9.01. The van der Waals surface area contributed by atoms with Crippen molar-refractivity contribution in [2.24, 2.45) is 0 Å². The molecule has 0 spiro atoms. The highest BCUT2D eigenvalue weighted by Crippen LogP contribution is 2.37. The molecular formula is C24H26ClN5O3. The number of fused-ring (bicyclic) bond motifs is 1. The number of ether oxygens (including phenoxy) is 2. The van der Waals surface area contributed by atoms with Crippen molar-refractivity contribution in [2.75, 3.05) is 32.8 Å². The number of hydrogen-bond donors (Lipinski definition) is 1. The molecule has 3 aliphatic rings. The van der Waals surface area contributed by atoms with Gasteiger partial charge in [-0.15, -0.1) is 0 Å².